The number of halogens is 2. The number of nitrogens with zero attached hydrogens (tertiary/aromatic N) is 4. The number of para-hydroxylation sites is 6. The van der Waals surface area contributed by atoms with Crippen molar-refractivity contribution in [3.8, 4) is 77.9 Å². The van der Waals surface area contributed by atoms with Gasteiger partial charge in [0.1, 0.15) is 11.6 Å². The normalized spacial score (nSPS) is 11.4. The third-order valence-electron chi connectivity index (χ3n) is 27.3. The molecular weight excluding hydrogens is 1700 g/mol. The Bertz CT molecular complexity index is 8890. The first-order valence-corrected chi connectivity index (χ1v) is 47.6. The van der Waals surface area contributed by atoms with E-state index >= 15 is 8.78 Å². The summed E-state index contributed by atoms with van der Waals surface area (Å²) >= 11 is 0. The summed E-state index contributed by atoms with van der Waals surface area (Å²) in [6, 6.07) is 191. The van der Waals surface area contributed by atoms with Gasteiger partial charge in [0, 0.05) is 67.6 Å². The van der Waals surface area contributed by atoms with E-state index in [0.29, 0.717) is 11.4 Å². The van der Waals surface area contributed by atoms with Crippen molar-refractivity contribution in [3.05, 3.63) is 558 Å². The number of hydrogen-bond acceptors (Lipinski definition) is 4. The van der Waals surface area contributed by atoms with Crippen LogP contribution in [0.2, 0.25) is 0 Å². The first-order valence-electron chi connectivity index (χ1n) is 47.6. The maximum Gasteiger partial charge on any atom is 0.148 e. The molecule has 0 heterocycles. The molecule has 0 amide bonds. The van der Waals surface area contributed by atoms with Crippen LogP contribution in [0, 0.1) is 11.6 Å². The molecule has 0 atom stereocenters. The highest BCUT2D eigenvalue weighted by Gasteiger charge is 2.30. The fourth-order valence-electron chi connectivity index (χ4n) is 21.0. The van der Waals surface area contributed by atoms with Gasteiger partial charge in [0.25, 0.3) is 0 Å². The molecule has 0 fully saturated rings. The van der Waals surface area contributed by atoms with E-state index in [1.165, 1.54) is 43.4 Å². The van der Waals surface area contributed by atoms with Crippen molar-refractivity contribution >= 4 is 154 Å². The quantitative estimate of drug-likeness (QED) is 0.0748. The zero-order valence-corrected chi connectivity index (χ0v) is 76.5. The van der Waals surface area contributed by atoms with Crippen LogP contribution < -0.4 is 19.6 Å². The van der Waals surface area contributed by atoms with Gasteiger partial charge in [0.05, 0.1) is 28.4 Å². The molecule has 0 aliphatic carbocycles. The predicted octanol–water partition coefficient (Wildman–Crippen LogP) is 38.4. The van der Waals surface area contributed by atoms with E-state index < -0.39 is 0 Å². The highest BCUT2D eigenvalue weighted by atomic mass is 19.1. The first kappa shape index (κ1) is 84.6. The molecule has 0 aliphatic heterocycles. The van der Waals surface area contributed by atoms with Gasteiger partial charge >= 0.3 is 0 Å². The van der Waals surface area contributed by atoms with Gasteiger partial charge in [0.2, 0.25) is 0 Å². The van der Waals surface area contributed by atoms with Gasteiger partial charge < -0.3 is 19.6 Å². The lowest BCUT2D eigenvalue weighted by molar-refractivity contribution is 0.629. The zero-order valence-electron chi connectivity index (χ0n) is 76.5. The summed E-state index contributed by atoms with van der Waals surface area (Å²) in [6.07, 6.45) is 0. The minimum absolute atomic E-state index is 0.298. The molecule has 6 heteroatoms. The average molecular weight is 1790 g/mol. The standard InChI is InChI=1S/C70H47FN2.C64H43FN2/c71-66-46-53(48-22-6-1-7-23-48)45-64(51-28-12-4-13-29-51)70(66)73(68-37-21-19-33-58(68)50-26-10-3-11-27-50)56-40-43-61-63-41-38-52-44-55(39-42-59(52)69(63)62-35-17-16-34-60(62)65(61)47-56)72(54-30-14-5-15-31-54)67-36-20-18-32-57(67)49-24-8-2-9-25-49;65-61-42-48(44-20-6-1-7-21-44)41-59(46-24-10-3-11-25-46)64(61)67(50-28-14-5-15-29-50)52-36-39-56-58-37-34-47-40-51(35-38-54(47)63(58)57-32-17-16-31-55(57)60(56)43-52)66(49-26-12-4-13-27-49)62-33-19-18-30-53(62)45-22-8-2-9-23-45/h1-47H;1-43H. The van der Waals surface area contributed by atoms with Crippen LogP contribution in [0.5, 0.6) is 0 Å². The molecule has 0 aromatic heterocycles. The third kappa shape index (κ3) is 15.8. The SMILES string of the molecule is Fc1cc(-c2ccccc2)cc(-c2ccccc2)c1N(c1ccc2c(c1)c1ccccc1c1c3ccc(N(c4ccccc4)c4ccccc4-c4ccccc4)cc3ccc21)c1ccccc1-c1ccccc1.Fc1cc(-c2ccccc2)cc(-c2ccccc2)c1N(c1ccccc1)c1ccc2c(c1)c1ccccc1c1c3ccc(N(c4ccccc4)c4ccccc4-c4ccccc4)cc3ccc21. The summed E-state index contributed by atoms with van der Waals surface area (Å²) in [5, 5.41) is 18.5. The van der Waals surface area contributed by atoms with Crippen molar-refractivity contribution in [1.29, 1.82) is 0 Å². The molecule has 25 rings (SSSR count). The lowest BCUT2D eigenvalue weighted by atomic mass is 9.90. The Morgan fingerprint density at radius 3 is 0.714 bits per heavy atom. The number of rotatable bonds is 19. The fourth-order valence-corrected chi connectivity index (χ4v) is 21.0. The van der Waals surface area contributed by atoms with Crippen LogP contribution in [0.25, 0.3) is 164 Å². The van der Waals surface area contributed by atoms with Crippen molar-refractivity contribution in [2.24, 2.45) is 0 Å². The van der Waals surface area contributed by atoms with Crippen LogP contribution in [-0.4, -0.2) is 0 Å². The van der Waals surface area contributed by atoms with Gasteiger partial charge in [-0.3, -0.25) is 0 Å². The molecular formula is C134H90F2N4. The second-order valence-corrected chi connectivity index (χ2v) is 35.5. The number of benzene rings is 25. The summed E-state index contributed by atoms with van der Waals surface area (Å²) < 4.78 is 35.2. The van der Waals surface area contributed by atoms with Crippen LogP contribution >= 0.6 is 0 Å². The second-order valence-electron chi connectivity index (χ2n) is 35.5. The minimum atomic E-state index is -0.313. The highest BCUT2D eigenvalue weighted by Crippen LogP contribution is 2.54. The Labute approximate surface area is 812 Å². The van der Waals surface area contributed by atoms with E-state index in [0.717, 1.165) is 177 Å². The van der Waals surface area contributed by atoms with E-state index in [4.69, 9.17) is 0 Å². The van der Waals surface area contributed by atoms with Crippen LogP contribution in [-0.2, 0) is 0 Å². The van der Waals surface area contributed by atoms with Gasteiger partial charge in [-0.1, -0.05) is 419 Å². The van der Waals surface area contributed by atoms with E-state index in [2.05, 4.69) is 432 Å². The van der Waals surface area contributed by atoms with Crippen LogP contribution in [0.3, 0.4) is 0 Å². The van der Waals surface area contributed by atoms with Crippen molar-refractivity contribution < 1.29 is 8.78 Å². The Morgan fingerprint density at radius 2 is 0.364 bits per heavy atom. The first-order chi connectivity index (χ1) is 69.3. The van der Waals surface area contributed by atoms with Gasteiger partial charge in [-0.05, 0) is 264 Å². The molecule has 4 nitrogen and oxygen atoms in total. The minimum Gasteiger partial charge on any atom is -0.310 e. The molecule has 0 saturated heterocycles. The van der Waals surface area contributed by atoms with Gasteiger partial charge in [0.15, 0.2) is 0 Å². The van der Waals surface area contributed by atoms with E-state index in [1.807, 2.05) is 121 Å². The lowest BCUT2D eigenvalue weighted by Crippen LogP contribution is -2.14. The third-order valence-corrected chi connectivity index (χ3v) is 27.3. The molecule has 0 bridgehead atoms. The molecule has 0 spiro atoms. The number of anilines is 12. The number of fused-ring (bicyclic) bond motifs is 16. The van der Waals surface area contributed by atoms with Crippen molar-refractivity contribution in [2.75, 3.05) is 19.6 Å². The lowest BCUT2D eigenvalue weighted by Gasteiger charge is -2.31. The zero-order chi connectivity index (χ0) is 93.4. The maximum absolute atomic E-state index is 17.9. The van der Waals surface area contributed by atoms with Crippen molar-refractivity contribution in [1.82, 2.24) is 0 Å². The molecule has 25 aromatic rings. The Hall–Kier alpha value is -18.4. The largest absolute Gasteiger partial charge is 0.310 e. The Kier molecular flexibility index (Phi) is 22.4. The molecule has 0 radical (unpaired) electrons. The maximum atomic E-state index is 17.9. The van der Waals surface area contributed by atoms with Crippen LogP contribution in [0.15, 0.2) is 546 Å². The van der Waals surface area contributed by atoms with Crippen molar-refractivity contribution in [2.45, 2.75) is 0 Å². The van der Waals surface area contributed by atoms with Gasteiger partial charge in [-0.25, -0.2) is 8.78 Å². The average Bonchev–Trinajstić information content (AvgIpc) is 0.723. The van der Waals surface area contributed by atoms with E-state index in [1.54, 1.807) is 12.1 Å². The summed E-state index contributed by atoms with van der Waals surface area (Å²) in [6.45, 7) is 0. The van der Waals surface area contributed by atoms with E-state index in [9.17, 15) is 0 Å². The summed E-state index contributed by atoms with van der Waals surface area (Å²) in [7, 11) is 0. The molecule has 25 aromatic carbocycles. The summed E-state index contributed by atoms with van der Waals surface area (Å²) in [5.41, 5.74) is 24.7. The molecule has 140 heavy (non-hydrogen) atoms. The predicted molar refractivity (Wildman–Crippen MR) is 590 cm³/mol. The number of hydrogen-bond donors (Lipinski definition) is 0. The molecule has 0 unspecified atom stereocenters. The molecule has 660 valence electrons. The highest BCUT2D eigenvalue weighted by molar-refractivity contribution is 6.34. The fraction of sp³-hybridized carbons (Fsp3) is 0. The van der Waals surface area contributed by atoms with Gasteiger partial charge in [-0.2, -0.15) is 0 Å². The molecule has 0 saturated carbocycles. The Morgan fingerprint density at radius 1 is 0.129 bits per heavy atom. The van der Waals surface area contributed by atoms with E-state index in [-0.39, 0.29) is 11.6 Å². The molecule has 0 N–H and O–H groups in total. The smallest absolute Gasteiger partial charge is 0.148 e. The Balaban J connectivity index is 0.000000152. The van der Waals surface area contributed by atoms with Crippen molar-refractivity contribution in [3.63, 3.8) is 0 Å². The summed E-state index contributed by atoms with van der Waals surface area (Å²) in [4.78, 5) is 8.96. The van der Waals surface area contributed by atoms with Crippen LogP contribution in [0.1, 0.15) is 0 Å². The molecule has 0 aliphatic rings. The monoisotopic (exact) mass is 1790 g/mol. The second kappa shape index (κ2) is 37.1. The van der Waals surface area contributed by atoms with Crippen LogP contribution in [0.4, 0.5) is 77.0 Å². The topological polar surface area (TPSA) is 13.0 Å². The summed E-state index contributed by atoms with van der Waals surface area (Å²) in [5.74, 6) is -0.612. The van der Waals surface area contributed by atoms with Gasteiger partial charge in [-0.15, -0.1) is 0 Å².